The van der Waals surface area contributed by atoms with E-state index in [2.05, 4.69) is 9.97 Å². The van der Waals surface area contributed by atoms with Gasteiger partial charge in [-0.3, -0.25) is 9.78 Å². The van der Waals surface area contributed by atoms with E-state index >= 15 is 0 Å². The van der Waals surface area contributed by atoms with Crippen molar-refractivity contribution in [3.05, 3.63) is 85.9 Å². The van der Waals surface area contributed by atoms with Crippen LogP contribution in [-0.2, 0) is 11.2 Å². The number of aromatic nitrogens is 2. The second-order valence-corrected chi connectivity index (χ2v) is 6.27. The fourth-order valence-electron chi connectivity index (χ4n) is 2.76. The van der Waals surface area contributed by atoms with Crippen molar-refractivity contribution in [2.45, 2.75) is 6.42 Å². The topological polar surface area (TPSA) is 101 Å². The number of nitrogens with one attached hydrogen (secondary N) is 2. The van der Waals surface area contributed by atoms with Crippen LogP contribution < -0.4 is 10.3 Å². The molecule has 1 aliphatic rings. The normalized spacial score (nSPS) is 11.7. The van der Waals surface area contributed by atoms with Crippen LogP contribution in [0.2, 0.25) is 0 Å². The first-order valence-corrected chi connectivity index (χ1v) is 8.40. The molecule has 0 radical (unpaired) electrons. The van der Waals surface area contributed by atoms with Crippen LogP contribution in [0.5, 0.6) is 11.6 Å². The number of carbonyl (C=O) groups excluding carboxylic acids is 2. The molecule has 2 heterocycles. The van der Waals surface area contributed by atoms with Gasteiger partial charge in [0.15, 0.2) is 4.77 Å². The van der Waals surface area contributed by atoms with Crippen LogP contribution in [0, 0.1) is 4.77 Å². The van der Waals surface area contributed by atoms with Gasteiger partial charge in [0.2, 0.25) is 5.88 Å². The number of ether oxygens (including phenoxy) is 2. The fraction of sp³-hybridized carbons (Fsp3) is 0.0526. The van der Waals surface area contributed by atoms with Gasteiger partial charge in [-0.2, -0.15) is 0 Å². The standard InChI is InChI=1S/C19H12N2O5S/c22-15-13-9-12-8-11(6-7-14(12)25-16(13)21-19(27)20-15)18(24)26-17(23)10-4-2-1-3-5-10/h1-8H,9H2,(H2,20,21,22,27). The molecule has 8 heteroatoms. The highest BCUT2D eigenvalue weighted by Gasteiger charge is 2.23. The Labute approximate surface area is 157 Å². The molecule has 2 N–H and O–H groups in total. The Balaban J connectivity index is 1.59. The predicted molar refractivity (Wildman–Crippen MR) is 97.8 cm³/mol. The van der Waals surface area contributed by atoms with Crippen LogP contribution in [0.25, 0.3) is 0 Å². The lowest BCUT2D eigenvalue weighted by atomic mass is 10.0. The van der Waals surface area contributed by atoms with Crippen LogP contribution >= 0.6 is 12.2 Å². The zero-order valence-corrected chi connectivity index (χ0v) is 14.6. The smallest absolute Gasteiger partial charge is 0.346 e. The summed E-state index contributed by atoms with van der Waals surface area (Å²) in [5.41, 5.74) is 1.11. The van der Waals surface area contributed by atoms with Gasteiger partial charge in [-0.1, -0.05) is 18.2 Å². The van der Waals surface area contributed by atoms with Gasteiger partial charge in [0, 0.05) is 12.0 Å². The van der Waals surface area contributed by atoms with Crippen LogP contribution in [0.3, 0.4) is 0 Å². The lowest BCUT2D eigenvalue weighted by Crippen LogP contribution is -2.20. The largest absolute Gasteiger partial charge is 0.440 e. The maximum absolute atomic E-state index is 12.3. The summed E-state index contributed by atoms with van der Waals surface area (Å²) in [6.07, 6.45) is 0.250. The minimum atomic E-state index is -0.779. The van der Waals surface area contributed by atoms with Crippen molar-refractivity contribution in [2.24, 2.45) is 0 Å². The molecule has 0 aliphatic carbocycles. The van der Waals surface area contributed by atoms with E-state index in [-0.39, 0.29) is 33.8 Å². The Bertz CT molecular complexity index is 1180. The molecule has 0 unspecified atom stereocenters. The lowest BCUT2D eigenvalue weighted by Gasteiger charge is -2.19. The highest BCUT2D eigenvalue weighted by molar-refractivity contribution is 7.71. The van der Waals surface area contributed by atoms with E-state index < -0.39 is 11.9 Å². The number of fused-ring (bicyclic) bond motifs is 2. The molecule has 0 bridgehead atoms. The van der Waals surface area contributed by atoms with E-state index in [1.54, 1.807) is 42.5 Å². The van der Waals surface area contributed by atoms with Gasteiger partial charge >= 0.3 is 11.9 Å². The molecule has 2 aromatic carbocycles. The Hall–Kier alpha value is -3.52. The molecule has 134 valence electrons. The molecule has 0 fully saturated rings. The van der Waals surface area contributed by atoms with Crippen molar-refractivity contribution in [2.75, 3.05) is 0 Å². The lowest BCUT2D eigenvalue weighted by molar-refractivity contribution is 0.0397. The van der Waals surface area contributed by atoms with Crippen LogP contribution in [-0.4, -0.2) is 21.9 Å². The van der Waals surface area contributed by atoms with Crippen molar-refractivity contribution >= 4 is 24.2 Å². The van der Waals surface area contributed by atoms with Gasteiger partial charge in [0.05, 0.1) is 16.7 Å². The summed E-state index contributed by atoms with van der Waals surface area (Å²) in [6.45, 7) is 0. The Morgan fingerprint density at radius 1 is 1.00 bits per heavy atom. The number of aromatic amines is 2. The molecule has 27 heavy (non-hydrogen) atoms. The molecular weight excluding hydrogens is 368 g/mol. The monoisotopic (exact) mass is 380 g/mol. The van der Waals surface area contributed by atoms with E-state index in [1.807, 2.05) is 0 Å². The van der Waals surface area contributed by atoms with E-state index in [9.17, 15) is 14.4 Å². The molecule has 0 amide bonds. The molecule has 7 nitrogen and oxygen atoms in total. The average Bonchev–Trinajstić information content (AvgIpc) is 2.67. The maximum atomic E-state index is 12.3. The molecular formula is C19H12N2O5S. The predicted octanol–water partition coefficient (Wildman–Crippen LogP) is 3.13. The molecule has 0 atom stereocenters. The maximum Gasteiger partial charge on any atom is 0.346 e. The highest BCUT2D eigenvalue weighted by Crippen LogP contribution is 2.33. The van der Waals surface area contributed by atoms with Gasteiger partial charge in [0.1, 0.15) is 5.75 Å². The zero-order chi connectivity index (χ0) is 19.0. The number of esters is 2. The number of H-pyrrole nitrogens is 2. The molecule has 3 aromatic rings. The zero-order valence-electron chi connectivity index (χ0n) is 13.8. The summed E-state index contributed by atoms with van der Waals surface area (Å²) >= 11 is 4.93. The Morgan fingerprint density at radius 3 is 2.52 bits per heavy atom. The summed E-state index contributed by atoms with van der Waals surface area (Å²) in [5, 5.41) is 0. The number of hydrogen-bond donors (Lipinski definition) is 2. The Morgan fingerprint density at radius 2 is 1.74 bits per heavy atom. The third-order valence-electron chi connectivity index (χ3n) is 4.07. The molecule has 4 rings (SSSR count). The second-order valence-electron chi connectivity index (χ2n) is 5.86. The molecule has 0 spiro atoms. The molecule has 0 saturated heterocycles. The van der Waals surface area contributed by atoms with Gasteiger partial charge in [0.25, 0.3) is 5.56 Å². The van der Waals surface area contributed by atoms with Crippen molar-refractivity contribution < 1.29 is 19.1 Å². The third kappa shape index (κ3) is 3.30. The minimum Gasteiger partial charge on any atom is -0.440 e. The van der Waals surface area contributed by atoms with Gasteiger partial charge in [-0.05, 0) is 42.5 Å². The van der Waals surface area contributed by atoms with Crippen molar-refractivity contribution in [3.63, 3.8) is 0 Å². The first-order chi connectivity index (χ1) is 13.0. The van der Waals surface area contributed by atoms with Crippen molar-refractivity contribution in [3.8, 4) is 11.6 Å². The number of rotatable bonds is 2. The SMILES string of the molecule is O=C(OC(=O)c1ccc2c(c1)Cc1c([nH]c(=S)[nH]c1=O)O2)c1ccccc1. The Kier molecular flexibility index (Phi) is 4.17. The number of benzene rings is 2. The van der Waals surface area contributed by atoms with Crippen molar-refractivity contribution in [1.29, 1.82) is 0 Å². The van der Waals surface area contributed by atoms with Crippen LogP contribution in [0.4, 0.5) is 0 Å². The number of hydrogen-bond acceptors (Lipinski definition) is 6. The van der Waals surface area contributed by atoms with Gasteiger partial charge in [-0.15, -0.1) is 0 Å². The molecule has 0 saturated carbocycles. The summed E-state index contributed by atoms with van der Waals surface area (Å²) in [7, 11) is 0. The second kappa shape index (κ2) is 6.65. The van der Waals surface area contributed by atoms with Gasteiger partial charge < -0.3 is 14.5 Å². The first-order valence-electron chi connectivity index (χ1n) is 7.99. The van der Waals surface area contributed by atoms with Crippen LogP contribution in [0.1, 0.15) is 31.8 Å². The quantitative estimate of drug-likeness (QED) is 0.315. The summed E-state index contributed by atoms with van der Waals surface area (Å²) in [4.78, 5) is 41.7. The van der Waals surface area contributed by atoms with E-state index in [4.69, 9.17) is 21.7 Å². The minimum absolute atomic E-state index is 0.168. The van der Waals surface area contributed by atoms with E-state index in [0.29, 0.717) is 16.9 Å². The van der Waals surface area contributed by atoms with Crippen LogP contribution in [0.15, 0.2) is 53.3 Å². The summed E-state index contributed by atoms with van der Waals surface area (Å²) in [5.74, 6) is -0.738. The van der Waals surface area contributed by atoms with Gasteiger partial charge in [-0.25, -0.2) is 9.59 Å². The molecule has 1 aliphatic heterocycles. The van der Waals surface area contributed by atoms with E-state index in [0.717, 1.165) is 0 Å². The highest BCUT2D eigenvalue weighted by atomic mass is 32.1. The first kappa shape index (κ1) is 16.9. The number of carbonyl (C=O) groups is 2. The molecule has 1 aromatic heterocycles. The summed E-state index contributed by atoms with van der Waals surface area (Å²) in [6, 6.07) is 12.8. The van der Waals surface area contributed by atoms with E-state index in [1.165, 1.54) is 6.07 Å². The van der Waals surface area contributed by atoms with Crippen molar-refractivity contribution in [1.82, 2.24) is 9.97 Å². The summed E-state index contributed by atoms with van der Waals surface area (Å²) < 4.78 is 10.7. The fourth-order valence-corrected chi connectivity index (χ4v) is 2.95. The average molecular weight is 380 g/mol. The third-order valence-corrected chi connectivity index (χ3v) is 4.28.